The smallest absolute Gasteiger partial charge is 0.262 e. The quantitative estimate of drug-likeness (QED) is 0.716. The van der Waals surface area contributed by atoms with Gasteiger partial charge in [-0.3, -0.25) is 9.36 Å². The van der Waals surface area contributed by atoms with Crippen molar-refractivity contribution in [3.8, 4) is 10.4 Å². The fourth-order valence-electron chi connectivity index (χ4n) is 3.98. The molecule has 4 rings (SSSR count). The third kappa shape index (κ3) is 3.90. The molecule has 1 saturated heterocycles. The lowest BCUT2D eigenvalue weighted by atomic mass is 9.99. The number of thiophene rings is 1. The summed E-state index contributed by atoms with van der Waals surface area (Å²) in [4.78, 5) is 21.7. The lowest BCUT2D eigenvalue weighted by Crippen LogP contribution is -2.40. The first-order chi connectivity index (χ1) is 13.5. The normalized spacial score (nSPS) is 17.2. The maximum absolute atomic E-state index is 13.1. The summed E-state index contributed by atoms with van der Waals surface area (Å²) in [7, 11) is 0. The van der Waals surface area contributed by atoms with Crippen molar-refractivity contribution < 1.29 is 5.11 Å². The molecule has 1 aliphatic rings. The summed E-state index contributed by atoms with van der Waals surface area (Å²) >= 11 is 1.55. The van der Waals surface area contributed by atoms with Crippen molar-refractivity contribution in [2.24, 2.45) is 5.92 Å². The number of aryl methyl sites for hydroxylation is 1. The van der Waals surface area contributed by atoms with Gasteiger partial charge in [0.1, 0.15) is 4.83 Å². The van der Waals surface area contributed by atoms with E-state index in [2.05, 4.69) is 28.9 Å². The van der Waals surface area contributed by atoms with E-state index in [9.17, 15) is 9.90 Å². The highest BCUT2D eigenvalue weighted by Crippen LogP contribution is 2.35. The van der Waals surface area contributed by atoms with Gasteiger partial charge in [0.05, 0.1) is 24.4 Å². The Hall–Kier alpha value is -2.02. The van der Waals surface area contributed by atoms with E-state index >= 15 is 0 Å². The molecule has 2 aromatic heterocycles. The molecule has 1 aliphatic heterocycles. The number of aromatic nitrogens is 2. The van der Waals surface area contributed by atoms with Crippen LogP contribution in [0.15, 0.2) is 41.5 Å². The number of fused-ring (bicyclic) bond motifs is 1. The minimum atomic E-state index is -0.571. The summed E-state index contributed by atoms with van der Waals surface area (Å²) in [5.74, 6) is 0.767. The van der Waals surface area contributed by atoms with E-state index < -0.39 is 6.10 Å². The summed E-state index contributed by atoms with van der Waals surface area (Å²) in [5.41, 5.74) is 2.01. The first-order valence-electron chi connectivity index (χ1n) is 9.97. The molecular formula is C22H27N3O2S. The standard InChI is InChI=1S/C22H27N3O2S/c1-15-8-10-24(11-9-15)12-18(26)13-25-14-23-21-19(22(25)27)16(2)20(28-21)17-6-4-3-5-7-17/h3-7,14-15,18,26H,8-13H2,1-2H3. The van der Waals surface area contributed by atoms with Crippen molar-refractivity contribution in [1.29, 1.82) is 0 Å². The zero-order valence-electron chi connectivity index (χ0n) is 16.5. The van der Waals surface area contributed by atoms with Crippen LogP contribution in [0.4, 0.5) is 0 Å². The molecule has 3 heterocycles. The van der Waals surface area contributed by atoms with Crippen molar-refractivity contribution in [2.45, 2.75) is 39.3 Å². The van der Waals surface area contributed by atoms with Crippen molar-refractivity contribution in [2.75, 3.05) is 19.6 Å². The molecule has 28 heavy (non-hydrogen) atoms. The Bertz CT molecular complexity index is 1000. The molecule has 1 aromatic carbocycles. The molecule has 1 N–H and O–H groups in total. The van der Waals surface area contributed by atoms with Crippen LogP contribution in [0.1, 0.15) is 25.3 Å². The monoisotopic (exact) mass is 397 g/mol. The van der Waals surface area contributed by atoms with Crippen LogP contribution in [0.5, 0.6) is 0 Å². The molecule has 3 aromatic rings. The maximum Gasteiger partial charge on any atom is 0.262 e. The SMILES string of the molecule is Cc1c(-c2ccccc2)sc2ncn(CC(O)CN3CCC(C)CC3)c(=O)c12. The molecule has 0 amide bonds. The molecular weight excluding hydrogens is 370 g/mol. The number of rotatable bonds is 5. The van der Waals surface area contributed by atoms with Gasteiger partial charge in [0.15, 0.2) is 0 Å². The van der Waals surface area contributed by atoms with Crippen molar-refractivity contribution >= 4 is 21.6 Å². The first-order valence-corrected chi connectivity index (χ1v) is 10.8. The number of β-amino-alcohol motifs (C(OH)–C–C–N with tert-alkyl or cyclic N) is 1. The highest BCUT2D eigenvalue weighted by Gasteiger charge is 2.20. The summed E-state index contributed by atoms with van der Waals surface area (Å²) in [5, 5.41) is 11.2. The van der Waals surface area contributed by atoms with Crippen LogP contribution in [0.2, 0.25) is 0 Å². The molecule has 0 spiro atoms. The number of aliphatic hydroxyl groups excluding tert-OH is 1. The van der Waals surface area contributed by atoms with Gasteiger partial charge in [0.25, 0.3) is 5.56 Å². The Morgan fingerprint density at radius 2 is 1.93 bits per heavy atom. The Morgan fingerprint density at radius 1 is 1.21 bits per heavy atom. The van der Waals surface area contributed by atoms with Crippen molar-refractivity contribution in [3.05, 3.63) is 52.6 Å². The summed E-state index contributed by atoms with van der Waals surface area (Å²) in [6.45, 7) is 7.20. The molecule has 1 atom stereocenters. The summed E-state index contributed by atoms with van der Waals surface area (Å²) in [6.07, 6.45) is 3.36. The number of hydrogen-bond acceptors (Lipinski definition) is 5. The van der Waals surface area contributed by atoms with Gasteiger partial charge in [-0.2, -0.15) is 0 Å². The predicted octanol–water partition coefficient (Wildman–Crippen LogP) is 3.53. The second kappa shape index (κ2) is 8.15. The van der Waals surface area contributed by atoms with Gasteiger partial charge in [0.2, 0.25) is 0 Å². The topological polar surface area (TPSA) is 58.4 Å². The highest BCUT2D eigenvalue weighted by molar-refractivity contribution is 7.22. The van der Waals surface area contributed by atoms with Gasteiger partial charge in [-0.1, -0.05) is 37.3 Å². The lowest BCUT2D eigenvalue weighted by molar-refractivity contribution is 0.0794. The lowest BCUT2D eigenvalue weighted by Gasteiger charge is -2.31. The van der Waals surface area contributed by atoms with Crippen molar-refractivity contribution in [1.82, 2.24) is 14.5 Å². The predicted molar refractivity (Wildman–Crippen MR) is 115 cm³/mol. The molecule has 0 saturated carbocycles. The van der Waals surface area contributed by atoms with Gasteiger partial charge in [-0.05, 0) is 49.9 Å². The van der Waals surface area contributed by atoms with Gasteiger partial charge in [-0.15, -0.1) is 11.3 Å². The van der Waals surface area contributed by atoms with E-state index in [0.717, 1.165) is 39.8 Å². The van der Waals surface area contributed by atoms with Crippen LogP contribution in [0.25, 0.3) is 20.7 Å². The van der Waals surface area contributed by atoms with E-state index in [1.165, 1.54) is 12.8 Å². The van der Waals surface area contributed by atoms with E-state index in [0.29, 0.717) is 11.9 Å². The molecule has 6 heteroatoms. The second-order valence-corrected chi connectivity index (χ2v) is 8.94. The minimum absolute atomic E-state index is 0.0627. The molecule has 1 fully saturated rings. The van der Waals surface area contributed by atoms with E-state index in [4.69, 9.17) is 0 Å². The summed E-state index contributed by atoms with van der Waals surface area (Å²) < 4.78 is 1.56. The van der Waals surface area contributed by atoms with Gasteiger partial charge < -0.3 is 10.0 Å². The highest BCUT2D eigenvalue weighted by atomic mass is 32.1. The number of piperidine rings is 1. The van der Waals surface area contributed by atoms with E-state index in [1.54, 1.807) is 22.2 Å². The van der Waals surface area contributed by atoms with Gasteiger partial charge in [-0.25, -0.2) is 4.98 Å². The zero-order chi connectivity index (χ0) is 19.7. The van der Waals surface area contributed by atoms with Crippen molar-refractivity contribution in [3.63, 3.8) is 0 Å². The van der Waals surface area contributed by atoms with Crippen LogP contribution >= 0.6 is 11.3 Å². The minimum Gasteiger partial charge on any atom is -0.390 e. The fraction of sp³-hybridized carbons (Fsp3) is 0.455. The third-order valence-electron chi connectivity index (χ3n) is 5.71. The van der Waals surface area contributed by atoms with E-state index in [-0.39, 0.29) is 12.1 Å². The Balaban J connectivity index is 1.56. The molecule has 1 unspecified atom stereocenters. The third-order valence-corrected chi connectivity index (χ3v) is 6.95. The Labute approximate surface area is 169 Å². The first kappa shape index (κ1) is 19.3. The molecule has 148 valence electrons. The number of benzene rings is 1. The van der Waals surface area contributed by atoms with Crippen LogP contribution < -0.4 is 5.56 Å². The molecule has 5 nitrogen and oxygen atoms in total. The van der Waals surface area contributed by atoms with Crippen LogP contribution in [0, 0.1) is 12.8 Å². The summed E-state index contributed by atoms with van der Waals surface area (Å²) in [6, 6.07) is 10.1. The van der Waals surface area contributed by atoms with Gasteiger partial charge >= 0.3 is 0 Å². The Morgan fingerprint density at radius 3 is 2.64 bits per heavy atom. The van der Waals surface area contributed by atoms with E-state index in [1.807, 2.05) is 25.1 Å². The largest absolute Gasteiger partial charge is 0.390 e. The average molecular weight is 398 g/mol. The molecule has 0 bridgehead atoms. The number of nitrogens with zero attached hydrogens (tertiary/aromatic N) is 3. The van der Waals surface area contributed by atoms with Crippen LogP contribution in [-0.2, 0) is 6.54 Å². The maximum atomic E-state index is 13.1. The molecule has 0 radical (unpaired) electrons. The Kier molecular flexibility index (Phi) is 5.62. The number of aliphatic hydroxyl groups is 1. The number of likely N-dealkylation sites (tertiary alicyclic amines) is 1. The number of hydrogen-bond donors (Lipinski definition) is 1. The average Bonchev–Trinajstić information content (AvgIpc) is 3.04. The second-order valence-electron chi connectivity index (χ2n) is 7.94. The zero-order valence-corrected chi connectivity index (χ0v) is 17.3. The van der Waals surface area contributed by atoms with Gasteiger partial charge in [0, 0.05) is 11.4 Å². The van der Waals surface area contributed by atoms with Crippen LogP contribution in [0.3, 0.4) is 0 Å². The fourth-order valence-corrected chi connectivity index (χ4v) is 5.13. The van der Waals surface area contributed by atoms with Crippen LogP contribution in [-0.4, -0.2) is 45.3 Å². The molecule has 0 aliphatic carbocycles.